The minimum absolute atomic E-state index is 0.349. The molecule has 3 rings (SSSR count). The lowest BCUT2D eigenvalue weighted by Crippen LogP contribution is -2.45. The Morgan fingerprint density at radius 3 is 2.11 bits per heavy atom. The summed E-state index contributed by atoms with van der Waals surface area (Å²) in [5.74, 6) is 4.41. The molecule has 0 spiro atoms. The van der Waals surface area contributed by atoms with Gasteiger partial charge in [0, 0.05) is 39.3 Å². The van der Waals surface area contributed by atoms with E-state index in [-0.39, 0.29) is 0 Å². The van der Waals surface area contributed by atoms with E-state index in [4.69, 9.17) is 9.47 Å². The van der Waals surface area contributed by atoms with Crippen LogP contribution in [-0.2, 0) is 6.54 Å². The molecule has 1 saturated heterocycles. The van der Waals surface area contributed by atoms with Crippen LogP contribution in [0.5, 0.6) is 11.5 Å². The van der Waals surface area contributed by atoms with E-state index in [0.717, 1.165) is 68.5 Å². The van der Waals surface area contributed by atoms with E-state index in [1.165, 1.54) is 63.4 Å². The molecule has 36 heavy (non-hydrogen) atoms. The highest BCUT2D eigenvalue weighted by atomic mass is 16.7. The van der Waals surface area contributed by atoms with Crippen LogP contribution in [0.3, 0.4) is 0 Å². The van der Waals surface area contributed by atoms with E-state index >= 15 is 0 Å². The molecule has 1 aromatic carbocycles. The monoisotopic (exact) mass is 498 g/mol. The maximum Gasteiger partial charge on any atom is 0.231 e. The molecule has 2 aliphatic heterocycles. The van der Waals surface area contributed by atoms with Crippen LogP contribution in [0.25, 0.3) is 0 Å². The second-order valence-corrected chi connectivity index (χ2v) is 12.2. The molecule has 2 heterocycles. The first-order chi connectivity index (χ1) is 17.4. The first kappa shape index (κ1) is 29.0. The highest BCUT2D eigenvalue weighted by Crippen LogP contribution is 2.33. The molecule has 4 nitrogen and oxygen atoms in total. The fraction of sp³-hybridized carbons (Fsp3) is 0.750. The van der Waals surface area contributed by atoms with E-state index in [1.54, 1.807) is 5.57 Å². The van der Waals surface area contributed by atoms with Crippen LogP contribution in [-0.4, -0.2) is 49.3 Å². The largest absolute Gasteiger partial charge is 0.454 e. The predicted molar refractivity (Wildman–Crippen MR) is 153 cm³/mol. The number of allylic oxidation sites excluding steroid dienone is 1. The fourth-order valence-electron chi connectivity index (χ4n) is 5.52. The molecule has 0 radical (unpaired) electrons. The van der Waals surface area contributed by atoms with Gasteiger partial charge in [0.25, 0.3) is 0 Å². The average molecular weight is 499 g/mol. The molecule has 2 unspecified atom stereocenters. The van der Waals surface area contributed by atoms with Crippen molar-refractivity contribution < 1.29 is 9.47 Å². The van der Waals surface area contributed by atoms with E-state index in [0.29, 0.717) is 6.79 Å². The Balaban J connectivity index is 1.21. The molecular formula is C32H54N2O2. The minimum Gasteiger partial charge on any atom is -0.454 e. The summed E-state index contributed by atoms with van der Waals surface area (Å²) in [6.07, 6.45) is 15.0. The number of benzene rings is 1. The third-order valence-corrected chi connectivity index (χ3v) is 8.15. The van der Waals surface area contributed by atoms with Gasteiger partial charge in [-0.1, -0.05) is 90.4 Å². The van der Waals surface area contributed by atoms with Crippen molar-refractivity contribution in [2.45, 2.75) is 99.0 Å². The fourth-order valence-corrected chi connectivity index (χ4v) is 5.52. The lowest BCUT2D eigenvalue weighted by atomic mass is 9.91. The van der Waals surface area contributed by atoms with Gasteiger partial charge in [-0.25, -0.2) is 0 Å². The summed E-state index contributed by atoms with van der Waals surface area (Å²) in [6, 6.07) is 6.35. The minimum atomic E-state index is 0.349. The molecule has 0 bridgehead atoms. The summed E-state index contributed by atoms with van der Waals surface area (Å²) in [7, 11) is 0. The van der Waals surface area contributed by atoms with Gasteiger partial charge in [0.1, 0.15) is 0 Å². The SMILES string of the molecule is C/C(=C\CN1CCN(Cc2ccc3c(c2)OCO3)CC1)CCCC(C)CCCC(C)CCCC(C)C. The average Bonchev–Trinajstić information content (AvgIpc) is 3.31. The molecule has 0 aliphatic carbocycles. The Morgan fingerprint density at radius 1 is 0.806 bits per heavy atom. The third-order valence-electron chi connectivity index (χ3n) is 8.15. The van der Waals surface area contributed by atoms with Gasteiger partial charge in [-0.15, -0.1) is 0 Å². The zero-order valence-corrected chi connectivity index (χ0v) is 24.1. The van der Waals surface area contributed by atoms with Crippen LogP contribution in [0, 0.1) is 17.8 Å². The van der Waals surface area contributed by atoms with Gasteiger partial charge in [0.2, 0.25) is 6.79 Å². The van der Waals surface area contributed by atoms with E-state index < -0.39 is 0 Å². The zero-order chi connectivity index (χ0) is 25.8. The Hall–Kier alpha value is -1.52. The van der Waals surface area contributed by atoms with Crippen molar-refractivity contribution in [3.63, 3.8) is 0 Å². The van der Waals surface area contributed by atoms with Crippen molar-refractivity contribution in [1.29, 1.82) is 0 Å². The molecule has 0 aromatic heterocycles. The summed E-state index contributed by atoms with van der Waals surface area (Å²) in [4.78, 5) is 5.16. The zero-order valence-electron chi connectivity index (χ0n) is 24.1. The highest BCUT2D eigenvalue weighted by Gasteiger charge is 2.18. The van der Waals surface area contributed by atoms with Crippen molar-refractivity contribution in [2.75, 3.05) is 39.5 Å². The quantitative estimate of drug-likeness (QED) is 0.216. The number of nitrogens with zero attached hydrogens (tertiary/aromatic N) is 2. The lowest BCUT2D eigenvalue weighted by molar-refractivity contribution is 0.136. The molecule has 2 atom stereocenters. The third kappa shape index (κ3) is 10.8. The normalized spacial score (nSPS) is 18.7. The van der Waals surface area contributed by atoms with Crippen molar-refractivity contribution >= 4 is 0 Å². The molecular weight excluding hydrogens is 444 g/mol. The molecule has 1 aromatic rings. The van der Waals surface area contributed by atoms with E-state index in [2.05, 4.69) is 62.6 Å². The molecule has 0 saturated carbocycles. The van der Waals surface area contributed by atoms with Crippen LogP contribution >= 0.6 is 0 Å². The molecule has 1 fully saturated rings. The van der Waals surface area contributed by atoms with Gasteiger partial charge in [0.05, 0.1) is 0 Å². The number of piperazine rings is 1. The second kappa shape index (κ2) is 15.7. The Morgan fingerprint density at radius 2 is 1.42 bits per heavy atom. The Kier molecular flexibility index (Phi) is 12.6. The first-order valence-corrected chi connectivity index (χ1v) is 14.9. The van der Waals surface area contributed by atoms with Crippen molar-refractivity contribution in [2.24, 2.45) is 17.8 Å². The Labute approximate surface area is 222 Å². The molecule has 0 amide bonds. The number of hydrogen-bond donors (Lipinski definition) is 0. The van der Waals surface area contributed by atoms with Crippen molar-refractivity contribution in [3.8, 4) is 11.5 Å². The van der Waals surface area contributed by atoms with Crippen LogP contribution in [0.4, 0.5) is 0 Å². The van der Waals surface area contributed by atoms with Crippen LogP contribution < -0.4 is 9.47 Å². The van der Waals surface area contributed by atoms with Gasteiger partial charge in [-0.3, -0.25) is 9.80 Å². The number of ether oxygens (including phenoxy) is 2. The topological polar surface area (TPSA) is 24.9 Å². The van der Waals surface area contributed by atoms with E-state index in [1.807, 2.05) is 6.07 Å². The summed E-state index contributed by atoms with van der Waals surface area (Å²) in [5, 5.41) is 0. The maximum absolute atomic E-state index is 5.53. The van der Waals surface area contributed by atoms with Crippen molar-refractivity contribution in [1.82, 2.24) is 9.80 Å². The molecule has 2 aliphatic rings. The van der Waals surface area contributed by atoms with Gasteiger partial charge >= 0.3 is 0 Å². The molecule has 4 heteroatoms. The second-order valence-electron chi connectivity index (χ2n) is 12.2. The van der Waals surface area contributed by atoms with Crippen LogP contribution in [0.1, 0.15) is 98.0 Å². The Bertz CT molecular complexity index is 782. The number of hydrogen-bond acceptors (Lipinski definition) is 4. The summed E-state index contributed by atoms with van der Waals surface area (Å²) < 4.78 is 11.0. The molecule has 204 valence electrons. The first-order valence-electron chi connectivity index (χ1n) is 14.9. The summed E-state index contributed by atoms with van der Waals surface area (Å²) in [6.45, 7) is 19.0. The number of fused-ring (bicyclic) bond motifs is 1. The number of rotatable bonds is 16. The molecule has 0 N–H and O–H groups in total. The lowest BCUT2D eigenvalue weighted by Gasteiger charge is -2.34. The van der Waals surface area contributed by atoms with Crippen LogP contribution in [0.2, 0.25) is 0 Å². The highest BCUT2D eigenvalue weighted by molar-refractivity contribution is 5.44. The standard InChI is InChI=1S/C32H54N2O2/c1-26(2)9-6-10-27(3)11-7-12-28(4)13-8-14-29(5)17-18-33-19-21-34(22-20-33)24-30-15-16-31-32(23-30)36-25-35-31/h15-17,23,26-28H,6-14,18-22,24-25H2,1-5H3/b29-17+. The van der Waals surface area contributed by atoms with Gasteiger partial charge in [0.15, 0.2) is 11.5 Å². The van der Waals surface area contributed by atoms with Crippen molar-refractivity contribution in [3.05, 3.63) is 35.4 Å². The summed E-state index contributed by atoms with van der Waals surface area (Å²) in [5.41, 5.74) is 2.89. The maximum atomic E-state index is 5.53. The van der Waals surface area contributed by atoms with Crippen LogP contribution in [0.15, 0.2) is 29.8 Å². The smallest absolute Gasteiger partial charge is 0.231 e. The predicted octanol–water partition coefficient (Wildman–Crippen LogP) is 7.92. The summed E-state index contributed by atoms with van der Waals surface area (Å²) >= 11 is 0. The van der Waals surface area contributed by atoms with Gasteiger partial charge in [-0.05, 0) is 55.2 Å². The van der Waals surface area contributed by atoms with Gasteiger partial charge in [-0.2, -0.15) is 0 Å². The van der Waals surface area contributed by atoms with E-state index in [9.17, 15) is 0 Å². The van der Waals surface area contributed by atoms with Gasteiger partial charge < -0.3 is 9.47 Å².